The summed E-state index contributed by atoms with van der Waals surface area (Å²) in [5, 5.41) is 3.39. The Morgan fingerprint density at radius 3 is 2.02 bits per heavy atom. The number of rotatable bonds is 10. The highest BCUT2D eigenvalue weighted by Gasteiger charge is 2.32. The number of amides is 2. The maximum Gasteiger partial charge on any atom is 0.255 e. The highest BCUT2D eigenvalue weighted by molar-refractivity contribution is 6.31. The molecule has 2 amide bonds. The predicted molar refractivity (Wildman–Crippen MR) is 159 cm³/mol. The Morgan fingerprint density at radius 2 is 1.41 bits per heavy atom. The van der Waals surface area contributed by atoms with Crippen molar-refractivity contribution in [2.75, 3.05) is 33.8 Å². The van der Waals surface area contributed by atoms with Gasteiger partial charge in [0, 0.05) is 40.5 Å². The molecule has 2 unspecified atom stereocenters. The summed E-state index contributed by atoms with van der Waals surface area (Å²) >= 11 is 6.63. The second-order valence-corrected chi connectivity index (χ2v) is 10.3. The molecule has 0 saturated heterocycles. The zero-order valence-corrected chi connectivity index (χ0v) is 24.5. The molecule has 1 aliphatic carbocycles. The Kier molecular flexibility index (Phi) is 9.96. The van der Waals surface area contributed by atoms with Crippen LogP contribution in [0.2, 0.25) is 5.02 Å². The van der Waals surface area contributed by atoms with E-state index in [2.05, 4.69) is 5.32 Å². The van der Waals surface area contributed by atoms with Crippen molar-refractivity contribution in [3.8, 4) is 23.0 Å². The van der Waals surface area contributed by atoms with Gasteiger partial charge in [-0.3, -0.25) is 9.59 Å². The van der Waals surface area contributed by atoms with Gasteiger partial charge in [0.2, 0.25) is 0 Å². The van der Waals surface area contributed by atoms with E-state index in [0.717, 1.165) is 25.7 Å². The number of benzene rings is 3. The molecule has 0 heterocycles. The van der Waals surface area contributed by atoms with E-state index in [-0.39, 0.29) is 30.4 Å². The van der Waals surface area contributed by atoms with Crippen LogP contribution in [0, 0.1) is 0 Å². The molecule has 3 N–H and O–H groups in total. The van der Waals surface area contributed by atoms with Gasteiger partial charge < -0.3 is 34.9 Å². The first-order valence-corrected chi connectivity index (χ1v) is 13.8. The average Bonchev–Trinajstić information content (AvgIpc) is 3.00. The standard InChI is InChI=1S/C31H36ClN3O6/c1-38-26-13-9-19(16-28(26)40-3)30(36)34-22-11-12-23(32)21(15-22)18-35(25-8-6-5-7-24(25)33)31(37)20-10-14-27(39-2)29(17-20)41-4/h9-17,24-25H,5-8,18,33H2,1-4H3,(H,34,36). The van der Waals surface area contributed by atoms with Crippen LogP contribution in [0.1, 0.15) is 52.0 Å². The molecule has 0 aliphatic heterocycles. The van der Waals surface area contributed by atoms with Crippen LogP contribution in [0.15, 0.2) is 54.6 Å². The Morgan fingerprint density at radius 1 is 0.829 bits per heavy atom. The topological polar surface area (TPSA) is 112 Å². The van der Waals surface area contributed by atoms with E-state index in [9.17, 15) is 9.59 Å². The van der Waals surface area contributed by atoms with Gasteiger partial charge in [0.15, 0.2) is 23.0 Å². The van der Waals surface area contributed by atoms with Crippen molar-refractivity contribution in [3.63, 3.8) is 0 Å². The summed E-state index contributed by atoms with van der Waals surface area (Å²) in [5.74, 6) is 1.45. The molecule has 1 aliphatic rings. The molecule has 1 fully saturated rings. The molecule has 9 nitrogen and oxygen atoms in total. The van der Waals surface area contributed by atoms with Crippen LogP contribution < -0.4 is 30.0 Å². The number of nitrogens with two attached hydrogens (primary N) is 1. The third-order valence-electron chi connectivity index (χ3n) is 7.36. The highest BCUT2D eigenvalue weighted by atomic mass is 35.5. The number of ether oxygens (including phenoxy) is 4. The second-order valence-electron chi connectivity index (χ2n) is 9.85. The zero-order chi connectivity index (χ0) is 29.5. The van der Waals surface area contributed by atoms with Crippen LogP contribution in [0.5, 0.6) is 23.0 Å². The minimum atomic E-state index is -0.327. The summed E-state index contributed by atoms with van der Waals surface area (Å²) in [6, 6.07) is 14.9. The first kappa shape index (κ1) is 30.0. The van der Waals surface area contributed by atoms with Crippen molar-refractivity contribution in [1.29, 1.82) is 0 Å². The number of carbonyl (C=O) groups is 2. The van der Waals surface area contributed by atoms with Gasteiger partial charge in [-0.05, 0) is 73.0 Å². The molecule has 218 valence electrons. The summed E-state index contributed by atoms with van der Waals surface area (Å²) < 4.78 is 21.4. The van der Waals surface area contributed by atoms with Gasteiger partial charge in [0.1, 0.15) is 0 Å². The number of anilines is 1. The van der Waals surface area contributed by atoms with Crippen LogP contribution in [0.4, 0.5) is 5.69 Å². The molecule has 0 aromatic heterocycles. The molecule has 1 saturated carbocycles. The number of nitrogens with zero attached hydrogens (tertiary/aromatic N) is 1. The fraction of sp³-hybridized carbons (Fsp3) is 0.355. The SMILES string of the molecule is COc1ccc(C(=O)Nc2ccc(Cl)c(CN(C(=O)c3ccc(OC)c(OC)c3)C3CCCCC3N)c2)cc1OC. The van der Waals surface area contributed by atoms with Gasteiger partial charge in [-0.15, -0.1) is 0 Å². The fourth-order valence-corrected chi connectivity index (χ4v) is 5.32. The summed E-state index contributed by atoms with van der Waals surface area (Å²) in [5.41, 5.74) is 8.62. The number of nitrogens with one attached hydrogen (secondary N) is 1. The molecular weight excluding hydrogens is 546 g/mol. The molecule has 41 heavy (non-hydrogen) atoms. The second kappa shape index (κ2) is 13.6. The number of carbonyl (C=O) groups excluding carboxylic acids is 2. The summed E-state index contributed by atoms with van der Waals surface area (Å²) in [6.07, 6.45) is 3.61. The van der Waals surface area contributed by atoms with Gasteiger partial charge in [-0.1, -0.05) is 24.4 Å². The van der Waals surface area contributed by atoms with Crippen molar-refractivity contribution in [1.82, 2.24) is 4.90 Å². The van der Waals surface area contributed by atoms with E-state index in [1.165, 1.54) is 21.3 Å². The summed E-state index contributed by atoms with van der Waals surface area (Å²) in [6.45, 7) is 0.213. The summed E-state index contributed by atoms with van der Waals surface area (Å²) in [4.78, 5) is 28.8. The molecule has 0 bridgehead atoms. The molecule has 2 atom stereocenters. The van der Waals surface area contributed by atoms with Crippen molar-refractivity contribution in [2.45, 2.75) is 44.3 Å². The Hall–Kier alpha value is -3.95. The van der Waals surface area contributed by atoms with Crippen LogP contribution in [0.3, 0.4) is 0 Å². The third kappa shape index (κ3) is 6.86. The lowest BCUT2D eigenvalue weighted by molar-refractivity contribution is 0.0583. The van der Waals surface area contributed by atoms with Gasteiger partial charge in [-0.25, -0.2) is 0 Å². The maximum atomic E-state index is 14.0. The van der Waals surface area contributed by atoms with Crippen LogP contribution in [-0.4, -0.2) is 57.2 Å². The van der Waals surface area contributed by atoms with E-state index in [1.54, 1.807) is 66.6 Å². The van der Waals surface area contributed by atoms with E-state index < -0.39 is 0 Å². The third-order valence-corrected chi connectivity index (χ3v) is 7.73. The number of hydrogen-bond acceptors (Lipinski definition) is 7. The predicted octanol–water partition coefficient (Wildman–Crippen LogP) is 5.54. The van der Waals surface area contributed by atoms with Crippen molar-refractivity contribution >= 4 is 29.1 Å². The Bertz CT molecular complexity index is 1400. The fourth-order valence-electron chi connectivity index (χ4n) is 5.14. The quantitative estimate of drug-likeness (QED) is 0.323. The largest absolute Gasteiger partial charge is 0.493 e. The van der Waals surface area contributed by atoms with E-state index in [4.69, 9.17) is 36.3 Å². The minimum Gasteiger partial charge on any atom is -0.493 e. The lowest BCUT2D eigenvalue weighted by Gasteiger charge is -2.39. The molecule has 10 heteroatoms. The van der Waals surface area contributed by atoms with Crippen LogP contribution in [0.25, 0.3) is 0 Å². The highest BCUT2D eigenvalue weighted by Crippen LogP contribution is 2.32. The molecule has 0 radical (unpaired) electrons. The smallest absolute Gasteiger partial charge is 0.255 e. The van der Waals surface area contributed by atoms with Crippen molar-refractivity contribution in [2.24, 2.45) is 5.73 Å². The average molecular weight is 582 g/mol. The lowest BCUT2D eigenvalue weighted by atomic mass is 9.89. The number of halogens is 1. The normalized spacial score (nSPS) is 16.4. The molecule has 3 aromatic rings. The van der Waals surface area contributed by atoms with Crippen LogP contribution in [-0.2, 0) is 6.54 Å². The Balaban J connectivity index is 1.62. The minimum absolute atomic E-state index is 0.167. The Labute approximate surface area is 245 Å². The van der Waals surface area contributed by atoms with Crippen molar-refractivity contribution in [3.05, 3.63) is 76.3 Å². The molecular formula is C31H36ClN3O6. The van der Waals surface area contributed by atoms with Gasteiger partial charge in [0.05, 0.1) is 28.4 Å². The van der Waals surface area contributed by atoms with E-state index in [1.807, 2.05) is 0 Å². The molecule has 3 aromatic carbocycles. The molecule has 4 rings (SSSR count). The molecule has 0 spiro atoms. The van der Waals surface area contributed by atoms with Gasteiger partial charge in [0.25, 0.3) is 11.8 Å². The van der Waals surface area contributed by atoms with Gasteiger partial charge in [-0.2, -0.15) is 0 Å². The van der Waals surface area contributed by atoms with E-state index >= 15 is 0 Å². The lowest BCUT2D eigenvalue weighted by Crippen LogP contribution is -2.51. The first-order valence-electron chi connectivity index (χ1n) is 13.4. The summed E-state index contributed by atoms with van der Waals surface area (Å²) in [7, 11) is 6.12. The van der Waals surface area contributed by atoms with Crippen molar-refractivity contribution < 1.29 is 28.5 Å². The van der Waals surface area contributed by atoms with E-state index in [0.29, 0.717) is 50.4 Å². The van der Waals surface area contributed by atoms with Gasteiger partial charge >= 0.3 is 0 Å². The van der Waals surface area contributed by atoms with Crippen LogP contribution >= 0.6 is 11.6 Å². The first-order chi connectivity index (χ1) is 19.8. The number of methoxy groups -OCH3 is 4. The maximum absolute atomic E-state index is 14.0. The number of hydrogen-bond donors (Lipinski definition) is 2. The monoisotopic (exact) mass is 581 g/mol. The zero-order valence-electron chi connectivity index (χ0n) is 23.7.